The van der Waals surface area contributed by atoms with Crippen LogP contribution in [0.2, 0.25) is 5.02 Å². The van der Waals surface area contributed by atoms with Gasteiger partial charge in [0.2, 0.25) is 0 Å². The van der Waals surface area contributed by atoms with Crippen LogP contribution in [0.1, 0.15) is 63.1 Å². The molecule has 1 aromatic carbocycles. The van der Waals surface area contributed by atoms with Crippen molar-refractivity contribution in [2.24, 2.45) is 5.92 Å². The summed E-state index contributed by atoms with van der Waals surface area (Å²) in [5.41, 5.74) is 3.66. The second-order valence-corrected chi connectivity index (χ2v) is 11.9. The number of anilines is 1. The van der Waals surface area contributed by atoms with Crippen molar-refractivity contribution in [1.82, 2.24) is 20.2 Å². The number of benzene rings is 1. The lowest BCUT2D eigenvalue weighted by Gasteiger charge is -2.53. The van der Waals surface area contributed by atoms with Crippen LogP contribution in [0.5, 0.6) is 5.75 Å². The Hall–Kier alpha value is -3.18. The summed E-state index contributed by atoms with van der Waals surface area (Å²) in [5, 5.41) is 13.9. The van der Waals surface area contributed by atoms with Gasteiger partial charge in [-0.25, -0.2) is 4.98 Å². The lowest BCUT2D eigenvalue weighted by atomic mass is 9.62. The SMILES string of the molecule is [2H]C([2H])([2H])C([2H])([2H])Oc1ccccc1-c1ccc2c(n1)CN(C[C@H]1CCCN1)C[C@]21CCN(c2ncc(Cl)cc2C#N)C[C@H]1CC. The Kier molecular flexibility index (Phi) is 6.55. The topological polar surface area (TPSA) is 77.3 Å². The van der Waals surface area contributed by atoms with E-state index >= 15 is 0 Å². The second kappa shape index (κ2) is 12.0. The molecule has 7 nitrogen and oxygen atoms in total. The summed E-state index contributed by atoms with van der Waals surface area (Å²) in [4.78, 5) is 14.5. The Bertz CT molecular complexity index is 1620. The first-order chi connectivity index (χ1) is 21.9. The van der Waals surface area contributed by atoms with Gasteiger partial charge in [-0.2, -0.15) is 5.26 Å². The fraction of sp³-hybridized carbons (Fsp3) is 0.485. The number of nitrogens with one attached hydrogen (secondary N) is 1. The molecule has 0 unspecified atom stereocenters. The fourth-order valence-electron chi connectivity index (χ4n) is 7.26. The van der Waals surface area contributed by atoms with Gasteiger partial charge in [0, 0.05) is 60.1 Å². The van der Waals surface area contributed by atoms with Gasteiger partial charge in [-0.1, -0.05) is 43.1 Å². The number of nitriles is 1. The van der Waals surface area contributed by atoms with Crippen LogP contribution in [0.25, 0.3) is 11.3 Å². The van der Waals surface area contributed by atoms with Crippen molar-refractivity contribution in [3.63, 3.8) is 0 Å². The maximum absolute atomic E-state index is 9.83. The Morgan fingerprint density at radius 2 is 2.22 bits per heavy atom. The van der Waals surface area contributed by atoms with Crippen molar-refractivity contribution in [2.45, 2.75) is 57.5 Å². The zero-order valence-electron chi connectivity index (χ0n) is 28.4. The number of nitrogens with zero attached hydrogens (tertiary/aromatic N) is 5. The molecule has 2 aromatic heterocycles. The third-order valence-electron chi connectivity index (χ3n) is 9.15. The first kappa shape index (κ1) is 22.4. The number of para-hydroxylation sites is 1. The van der Waals surface area contributed by atoms with Crippen molar-refractivity contribution >= 4 is 17.4 Å². The molecular formula is C33H39ClN6O. The molecule has 6 rings (SSSR count). The van der Waals surface area contributed by atoms with Gasteiger partial charge in [-0.05, 0) is 68.4 Å². The monoisotopic (exact) mass is 575 g/mol. The highest BCUT2D eigenvalue weighted by Gasteiger charge is 2.49. The molecule has 5 heterocycles. The van der Waals surface area contributed by atoms with Crippen LogP contribution in [0, 0.1) is 17.2 Å². The average molecular weight is 576 g/mol. The number of hydrogen-bond donors (Lipinski definition) is 1. The zero-order valence-corrected chi connectivity index (χ0v) is 24.1. The van der Waals surface area contributed by atoms with E-state index in [2.05, 4.69) is 39.2 Å². The molecule has 0 aliphatic carbocycles. The van der Waals surface area contributed by atoms with Gasteiger partial charge in [0.15, 0.2) is 0 Å². The lowest BCUT2D eigenvalue weighted by Crippen LogP contribution is -2.58. The standard InChI is InChI=1S/C33H39ClN6O/c1-3-24-19-40(32-23(17-35)16-25(34)18-37-32)15-13-33(24)22-39(20-26-8-7-14-36-26)21-30-28(33)11-12-29(38-30)27-9-5-6-10-31(27)41-4-2/h5-6,9-12,16,18,24,26,36H,3-4,7-8,13-15,19-22H2,1-2H3/t24-,26-,33+/m1/s1/i2D3,4D2. The number of pyridine rings is 2. The third-order valence-corrected chi connectivity index (χ3v) is 9.36. The van der Waals surface area contributed by atoms with Crippen LogP contribution in [-0.4, -0.2) is 60.2 Å². The normalized spacial score (nSPS) is 26.8. The number of rotatable bonds is 7. The van der Waals surface area contributed by atoms with E-state index in [1.165, 1.54) is 12.0 Å². The number of piperidine rings is 1. The number of ether oxygens (including phenoxy) is 1. The van der Waals surface area contributed by atoms with Crippen molar-refractivity contribution < 1.29 is 11.6 Å². The van der Waals surface area contributed by atoms with Gasteiger partial charge in [-0.15, -0.1) is 0 Å². The Balaban J connectivity index is 1.38. The van der Waals surface area contributed by atoms with Gasteiger partial charge in [0.1, 0.15) is 17.6 Å². The van der Waals surface area contributed by atoms with E-state index in [-0.39, 0.29) is 17.1 Å². The van der Waals surface area contributed by atoms with E-state index < -0.39 is 13.4 Å². The Morgan fingerprint density at radius 3 is 3.02 bits per heavy atom. The summed E-state index contributed by atoms with van der Waals surface area (Å²) in [7, 11) is 0. The maximum Gasteiger partial charge on any atom is 0.146 e. The Labute approximate surface area is 255 Å². The minimum absolute atomic E-state index is 0.136. The van der Waals surface area contributed by atoms with E-state index in [4.69, 9.17) is 28.2 Å². The van der Waals surface area contributed by atoms with E-state index in [9.17, 15) is 5.26 Å². The summed E-state index contributed by atoms with van der Waals surface area (Å²) < 4.78 is 44.5. The fourth-order valence-corrected chi connectivity index (χ4v) is 7.42. The number of halogens is 1. The third kappa shape index (κ3) is 5.41. The van der Waals surface area contributed by atoms with Gasteiger partial charge < -0.3 is 15.0 Å². The molecule has 3 aliphatic heterocycles. The minimum Gasteiger partial charge on any atom is -0.493 e. The molecule has 3 aromatic rings. The van der Waals surface area contributed by atoms with Crippen LogP contribution in [0.3, 0.4) is 0 Å². The van der Waals surface area contributed by atoms with Crippen molar-refractivity contribution in [3.05, 3.63) is 70.5 Å². The number of fused-ring (bicyclic) bond motifs is 2. The smallest absolute Gasteiger partial charge is 0.146 e. The molecule has 1 N–H and O–H groups in total. The van der Waals surface area contributed by atoms with Crippen LogP contribution in [0.4, 0.5) is 5.82 Å². The molecule has 3 atom stereocenters. The molecule has 3 aliphatic rings. The summed E-state index contributed by atoms with van der Waals surface area (Å²) in [5.74, 6) is 1.07. The molecule has 2 saturated heterocycles. The van der Waals surface area contributed by atoms with E-state index in [1.54, 1.807) is 30.5 Å². The molecule has 1 spiro atoms. The van der Waals surface area contributed by atoms with Gasteiger partial charge >= 0.3 is 0 Å². The lowest BCUT2D eigenvalue weighted by molar-refractivity contribution is 0.0966. The molecule has 41 heavy (non-hydrogen) atoms. The minimum atomic E-state index is -2.95. The molecule has 8 heteroatoms. The summed E-state index contributed by atoms with van der Waals surface area (Å²) >= 11 is 6.17. The predicted octanol–water partition coefficient (Wildman–Crippen LogP) is 5.81. The first-order valence-corrected chi connectivity index (χ1v) is 14.9. The second-order valence-electron chi connectivity index (χ2n) is 11.4. The van der Waals surface area contributed by atoms with Gasteiger partial charge in [0.25, 0.3) is 0 Å². The molecular weight excluding hydrogens is 532 g/mol. The molecule has 0 radical (unpaired) electrons. The number of hydrogen-bond acceptors (Lipinski definition) is 7. The van der Waals surface area contributed by atoms with Crippen LogP contribution in [-0.2, 0) is 12.0 Å². The molecule has 214 valence electrons. The van der Waals surface area contributed by atoms with E-state index in [0.717, 1.165) is 57.7 Å². The average Bonchev–Trinajstić information content (AvgIpc) is 3.53. The number of aromatic nitrogens is 2. The summed E-state index contributed by atoms with van der Waals surface area (Å²) in [6, 6.07) is 15.4. The van der Waals surface area contributed by atoms with Gasteiger partial charge in [0.05, 0.1) is 31.3 Å². The van der Waals surface area contributed by atoms with Crippen molar-refractivity contribution in [2.75, 3.05) is 44.2 Å². The van der Waals surface area contributed by atoms with Crippen molar-refractivity contribution in [3.8, 4) is 23.1 Å². The zero-order chi connectivity index (χ0) is 32.7. The Morgan fingerprint density at radius 1 is 1.32 bits per heavy atom. The summed E-state index contributed by atoms with van der Waals surface area (Å²) in [6.45, 7) is 1.43. The van der Waals surface area contributed by atoms with Gasteiger partial charge in [-0.3, -0.25) is 9.88 Å². The molecule has 0 saturated carbocycles. The van der Waals surface area contributed by atoms with Crippen LogP contribution < -0.4 is 15.0 Å². The molecule has 2 fully saturated rings. The predicted molar refractivity (Wildman–Crippen MR) is 163 cm³/mol. The van der Waals surface area contributed by atoms with Crippen LogP contribution in [0.15, 0.2) is 48.7 Å². The maximum atomic E-state index is 9.83. The highest BCUT2D eigenvalue weighted by molar-refractivity contribution is 6.30. The van der Waals surface area contributed by atoms with E-state index in [0.29, 0.717) is 40.2 Å². The first-order valence-electron chi connectivity index (χ1n) is 17.0. The van der Waals surface area contributed by atoms with Crippen molar-refractivity contribution in [1.29, 1.82) is 5.26 Å². The summed E-state index contributed by atoms with van der Waals surface area (Å²) in [6.07, 6.45) is 5.71. The van der Waals surface area contributed by atoms with E-state index in [1.807, 2.05) is 12.1 Å². The molecule has 0 bridgehead atoms. The largest absolute Gasteiger partial charge is 0.493 e. The van der Waals surface area contributed by atoms with Crippen LogP contribution >= 0.6 is 11.6 Å². The highest BCUT2D eigenvalue weighted by atomic mass is 35.5. The highest BCUT2D eigenvalue weighted by Crippen LogP contribution is 2.47. The molecule has 0 amide bonds. The quantitative estimate of drug-likeness (QED) is 0.381.